The summed E-state index contributed by atoms with van der Waals surface area (Å²) in [6.45, 7) is 8.94. The summed E-state index contributed by atoms with van der Waals surface area (Å²) in [4.78, 5) is 21.9. The van der Waals surface area contributed by atoms with Crippen LogP contribution in [0.25, 0.3) is 0 Å². The number of hydrogen-bond acceptors (Lipinski definition) is 4. The molecule has 2 N–H and O–H groups in total. The maximum atomic E-state index is 12.0. The van der Waals surface area contributed by atoms with Gasteiger partial charge in [-0.2, -0.15) is 0 Å². The third kappa shape index (κ3) is 4.07. The average Bonchev–Trinajstić information content (AvgIpc) is 3.02. The molecule has 120 valence electrons. The summed E-state index contributed by atoms with van der Waals surface area (Å²) < 4.78 is 1.85. The third-order valence-corrected chi connectivity index (χ3v) is 4.56. The molecule has 0 aliphatic carbocycles. The molecule has 0 saturated heterocycles. The molecule has 2 aromatic heterocycles. The zero-order valence-corrected chi connectivity index (χ0v) is 14.5. The number of aromatic nitrogens is 3. The van der Waals surface area contributed by atoms with E-state index in [0.29, 0.717) is 11.7 Å². The number of nitrogens with zero attached hydrogens (tertiary/aromatic N) is 3. The molecule has 0 aliphatic rings. The maximum Gasteiger partial charge on any atom is 0.321 e. The normalized spacial score (nSPS) is 11.5. The molecule has 0 bridgehead atoms. The van der Waals surface area contributed by atoms with Gasteiger partial charge in [0.05, 0.1) is 24.3 Å². The van der Waals surface area contributed by atoms with Crippen molar-refractivity contribution in [3.05, 3.63) is 28.8 Å². The van der Waals surface area contributed by atoms with E-state index in [9.17, 15) is 4.79 Å². The minimum Gasteiger partial charge on any atom is -0.340 e. The van der Waals surface area contributed by atoms with E-state index in [1.54, 1.807) is 17.7 Å². The van der Waals surface area contributed by atoms with Crippen LogP contribution in [-0.2, 0) is 25.4 Å². The van der Waals surface area contributed by atoms with E-state index < -0.39 is 0 Å². The molecule has 0 radical (unpaired) electrons. The van der Waals surface area contributed by atoms with Crippen LogP contribution in [0.15, 0.2) is 12.5 Å². The van der Waals surface area contributed by atoms with Crippen molar-refractivity contribution >= 4 is 22.5 Å². The zero-order valence-electron chi connectivity index (χ0n) is 13.7. The molecular weight excluding hydrogens is 298 g/mol. The van der Waals surface area contributed by atoms with Crippen molar-refractivity contribution in [2.45, 2.75) is 46.1 Å². The highest BCUT2D eigenvalue weighted by Crippen LogP contribution is 2.34. The topological polar surface area (TPSA) is 71.8 Å². The van der Waals surface area contributed by atoms with Crippen LogP contribution in [0.1, 0.15) is 44.0 Å². The minimum absolute atomic E-state index is 0.0351. The van der Waals surface area contributed by atoms with Crippen LogP contribution in [0, 0.1) is 0 Å². The van der Waals surface area contributed by atoms with Crippen LogP contribution in [0.4, 0.5) is 9.93 Å². The smallest absolute Gasteiger partial charge is 0.321 e. The van der Waals surface area contributed by atoms with E-state index >= 15 is 0 Å². The Hall–Kier alpha value is -1.89. The fourth-order valence-electron chi connectivity index (χ4n) is 2.10. The monoisotopic (exact) mass is 321 g/mol. The second-order valence-corrected chi connectivity index (χ2v) is 7.24. The summed E-state index contributed by atoms with van der Waals surface area (Å²) in [6.07, 6.45) is 4.44. The SMILES string of the molecule is CCc1nc(NC(=O)NCc2cn(C)cn2)sc1C(C)(C)C. The number of hydrogen-bond donors (Lipinski definition) is 2. The number of anilines is 1. The van der Waals surface area contributed by atoms with Crippen molar-refractivity contribution in [3.63, 3.8) is 0 Å². The maximum absolute atomic E-state index is 12.0. The van der Waals surface area contributed by atoms with Crippen molar-refractivity contribution in [1.82, 2.24) is 19.9 Å². The molecule has 0 saturated carbocycles. The summed E-state index contributed by atoms with van der Waals surface area (Å²) in [7, 11) is 1.90. The number of carbonyl (C=O) groups is 1. The second-order valence-electron chi connectivity index (χ2n) is 6.24. The number of imidazole rings is 1. The van der Waals surface area contributed by atoms with Crippen molar-refractivity contribution in [2.75, 3.05) is 5.32 Å². The molecule has 0 atom stereocenters. The number of carbonyl (C=O) groups excluding carboxylic acids is 1. The highest BCUT2D eigenvalue weighted by molar-refractivity contribution is 7.16. The van der Waals surface area contributed by atoms with E-state index in [2.05, 4.69) is 48.3 Å². The fraction of sp³-hybridized carbons (Fsp3) is 0.533. The molecule has 22 heavy (non-hydrogen) atoms. The predicted octanol–water partition coefficient (Wildman–Crippen LogP) is 3.06. The largest absolute Gasteiger partial charge is 0.340 e. The van der Waals surface area contributed by atoms with E-state index in [1.165, 1.54) is 4.88 Å². The summed E-state index contributed by atoms with van der Waals surface area (Å²) in [5, 5.41) is 6.24. The van der Waals surface area contributed by atoms with Crippen molar-refractivity contribution < 1.29 is 4.79 Å². The van der Waals surface area contributed by atoms with Gasteiger partial charge in [-0.05, 0) is 11.8 Å². The minimum atomic E-state index is -0.262. The van der Waals surface area contributed by atoms with Gasteiger partial charge >= 0.3 is 6.03 Å². The molecule has 6 nitrogen and oxygen atoms in total. The number of aryl methyl sites for hydroxylation is 2. The van der Waals surface area contributed by atoms with Gasteiger partial charge in [0.25, 0.3) is 0 Å². The van der Waals surface area contributed by atoms with Crippen LogP contribution < -0.4 is 10.6 Å². The van der Waals surface area contributed by atoms with Gasteiger partial charge in [0.2, 0.25) is 0 Å². The average molecular weight is 321 g/mol. The second kappa shape index (κ2) is 6.48. The Morgan fingerprint density at radius 2 is 2.14 bits per heavy atom. The molecular formula is C15H23N5OS. The van der Waals surface area contributed by atoms with Crippen molar-refractivity contribution in [3.8, 4) is 0 Å². The van der Waals surface area contributed by atoms with E-state index in [-0.39, 0.29) is 11.4 Å². The number of nitrogens with one attached hydrogen (secondary N) is 2. The summed E-state index contributed by atoms with van der Waals surface area (Å²) in [5.41, 5.74) is 1.91. The number of urea groups is 1. The fourth-order valence-corrected chi connectivity index (χ4v) is 3.21. The van der Waals surface area contributed by atoms with Gasteiger partial charge in [0.1, 0.15) is 0 Å². The molecule has 2 aromatic rings. The molecule has 0 spiro atoms. The Bertz CT molecular complexity index is 653. The van der Waals surface area contributed by atoms with Crippen LogP contribution in [0.5, 0.6) is 0 Å². The van der Waals surface area contributed by atoms with E-state index in [0.717, 1.165) is 17.8 Å². The lowest BCUT2D eigenvalue weighted by atomic mass is 9.93. The molecule has 2 heterocycles. The number of rotatable bonds is 4. The van der Waals surface area contributed by atoms with Gasteiger partial charge in [-0.25, -0.2) is 14.8 Å². The molecule has 0 fully saturated rings. The van der Waals surface area contributed by atoms with Gasteiger partial charge in [-0.15, -0.1) is 11.3 Å². The molecule has 2 amide bonds. The molecule has 2 rings (SSSR count). The third-order valence-electron chi connectivity index (χ3n) is 3.12. The first-order valence-corrected chi connectivity index (χ1v) is 8.13. The Kier molecular flexibility index (Phi) is 4.85. The Morgan fingerprint density at radius 3 is 2.64 bits per heavy atom. The van der Waals surface area contributed by atoms with Crippen LogP contribution >= 0.6 is 11.3 Å². The van der Waals surface area contributed by atoms with Crippen molar-refractivity contribution in [2.24, 2.45) is 7.05 Å². The molecule has 0 aromatic carbocycles. The lowest BCUT2D eigenvalue weighted by molar-refractivity contribution is 0.251. The standard InChI is InChI=1S/C15H23N5OS/c1-6-11-12(15(2,3)4)22-14(18-11)19-13(21)16-7-10-8-20(5)9-17-10/h8-9H,6-7H2,1-5H3,(H2,16,18,19,21). The van der Waals surface area contributed by atoms with Crippen LogP contribution in [-0.4, -0.2) is 20.6 Å². The predicted molar refractivity (Wildman–Crippen MR) is 89.3 cm³/mol. The van der Waals surface area contributed by atoms with Gasteiger partial charge in [0, 0.05) is 18.1 Å². The van der Waals surface area contributed by atoms with Gasteiger partial charge in [-0.3, -0.25) is 5.32 Å². The first kappa shape index (κ1) is 16.5. The van der Waals surface area contributed by atoms with E-state index in [4.69, 9.17) is 0 Å². The highest BCUT2D eigenvalue weighted by Gasteiger charge is 2.22. The first-order chi connectivity index (χ1) is 10.3. The summed E-state index contributed by atoms with van der Waals surface area (Å²) in [5.74, 6) is 0. The first-order valence-electron chi connectivity index (χ1n) is 7.31. The Labute approximate surface area is 135 Å². The van der Waals surface area contributed by atoms with Gasteiger partial charge < -0.3 is 9.88 Å². The Balaban J connectivity index is 1.98. The lowest BCUT2D eigenvalue weighted by Crippen LogP contribution is -2.28. The van der Waals surface area contributed by atoms with E-state index in [1.807, 2.05) is 17.8 Å². The lowest BCUT2D eigenvalue weighted by Gasteiger charge is -2.16. The highest BCUT2D eigenvalue weighted by atomic mass is 32.1. The number of amides is 2. The number of thiazole rings is 1. The van der Waals surface area contributed by atoms with Gasteiger partial charge in [0.15, 0.2) is 5.13 Å². The Morgan fingerprint density at radius 1 is 1.41 bits per heavy atom. The van der Waals surface area contributed by atoms with Crippen LogP contribution in [0.3, 0.4) is 0 Å². The molecule has 0 unspecified atom stereocenters. The molecule has 7 heteroatoms. The van der Waals surface area contributed by atoms with Crippen LogP contribution in [0.2, 0.25) is 0 Å². The summed E-state index contributed by atoms with van der Waals surface area (Å²) in [6, 6.07) is -0.262. The van der Waals surface area contributed by atoms with Crippen molar-refractivity contribution in [1.29, 1.82) is 0 Å². The zero-order chi connectivity index (χ0) is 16.3. The summed E-state index contributed by atoms with van der Waals surface area (Å²) >= 11 is 1.54. The molecule has 0 aliphatic heterocycles. The quantitative estimate of drug-likeness (QED) is 0.909. The van der Waals surface area contributed by atoms with Gasteiger partial charge in [-0.1, -0.05) is 27.7 Å².